The molecule has 100 valence electrons. The maximum absolute atomic E-state index is 5.46. The zero-order valence-corrected chi connectivity index (χ0v) is 11.3. The van der Waals surface area contributed by atoms with Gasteiger partial charge >= 0.3 is 0 Å². The van der Waals surface area contributed by atoms with Crippen molar-refractivity contribution in [1.29, 1.82) is 0 Å². The number of aliphatic imine (C=N–C) groups is 1. The van der Waals surface area contributed by atoms with Crippen LogP contribution >= 0.6 is 0 Å². The van der Waals surface area contributed by atoms with Crippen LogP contribution in [0.2, 0.25) is 0 Å². The summed E-state index contributed by atoms with van der Waals surface area (Å²) in [6, 6.07) is 0.200. The van der Waals surface area contributed by atoms with Crippen molar-refractivity contribution in [3.8, 4) is 0 Å². The Morgan fingerprint density at radius 3 is 2.65 bits per heavy atom. The molecule has 0 spiro atoms. The zero-order chi connectivity index (χ0) is 12.7. The molecule has 0 aliphatic heterocycles. The van der Waals surface area contributed by atoms with Gasteiger partial charge < -0.3 is 10.1 Å². The molecular formula is C12H26N4O. The molecule has 1 rings (SSSR count). The quantitative estimate of drug-likeness (QED) is 0.291. The van der Waals surface area contributed by atoms with Gasteiger partial charge in [-0.15, -0.1) is 0 Å². The zero-order valence-electron chi connectivity index (χ0n) is 11.3. The van der Waals surface area contributed by atoms with Crippen LogP contribution in [0.3, 0.4) is 0 Å². The fraction of sp³-hybridized carbons (Fsp3) is 0.917. The molecule has 1 unspecified atom stereocenters. The number of nitrogens with two attached hydrogens (primary N) is 1. The maximum atomic E-state index is 5.46. The Bertz CT molecular complexity index is 249. The molecule has 1 saturated carbocycles. The standard InChI is InChI=1S/C12H26N4O/c1-10(8-17-3)15-11(16-13)14-9-12(2)6-4-5-7-12/h10H,4-9,13H2,1-3H3,(H2,14,15,16). The molecule has 0 heterocycles. The fourth-order valence-electron chi connectivity index (χ4n) is 2.31. The lowest BCUT2D eigenvalue weighted by Crippen LogP contribution is -2.47. The summed E-state index contributed by atoms with van der Waals surface area (Å²) in [5.74, 6) is 6.12. The summed E-state index contributed by atoms with van der Waals surface area (Å²) in [7, 11) is 1.68. The number of hydrogen-bond donors (Lipinski definition) is 3. The van der Waals surface area contributed by atoms with E-state index in [2.05, 4.69) is 22.7 Å². The predicted octanol–water partition coefficient (Wildman–Crippen LogP) is 1.01. The van der Waals surface area contributed by atoms with E-state index in [1.807, 2.05) is 6.92 Å². The van der Waals surface area contributed by atoms with Gasteiger partial charge in [-0.2, -0.15) is 0 Å². The van der Waals surface area contributed by atoms with Crippen LogP contribution in [0.1, 0.15) is 39.5 Å². The molecule has 17 heavy (non-hydrogen) atoms. The van der Waals surface area contributed by atoms with Crippen molar-refractivity contribution in [3.05, 3.63) is 0 Å². The summed E-state index contributed by atoms with van der Waals surface area (Å²) < 4.78 is 5.06. The highest BCUT2D eigenvalue weighted by Crippen LogP contribution is 2.37. The van der Waals surface area contributed by atoms with Crippen molar-refractivity contribution in [1.82, 2.24) is 10.7 Å². The number of rotatable bonds is 5. The van der Waals surface area contributed by atoms with E-state index in [0.29, 0.717) is 18.0 Å². The van der Waals surface area contributed by atoms with Crippen LogP contribution in [0, 0.1) is 5.41 Å². The van der Waals surface area contributed by atoms with Crippen molar-refractivity contribution in [2.75, 3.05) is 20.3 Å². The van der Waals surface area contributed by atoms with Gasteiger partial charge in [-0.3, -0.25) is 10.4 Å². The van der Waals surface area contributed by atoms with E-state index in [9.17, 15) is 0 Å². The first-order valence-corrected chi connectivity index (χ1v) is 6.36. The van der Waals surface area contributed by atoms with E-state index in [4.69, 9.17) is 10.6 Å². The van der Waals surface area contributed by atoms with Crippen LogP contribution in [-0.4, -0.2) is 32.3 Å². The Kier molecular flexibility index (Phi) is 5.71. The second kappa shape index (κ2) is 6.81. The highest BCUT2D eigenvalue weighted by Gasteiger charge is 2.28. The Balaban J connectivity index is 2.43. The lowest BCUT2D eigenvalue weighted by molar-refractivity contribution is 0.179. The molecule has 0 radical (unpaired) electrons. The molecular weight excluding hydrogens is 216 g/mol. The predicted molar refractivity (Wildman–Crippen MR) is 70.7 cm³/mol. The molecule has 0 saturated heterocycles. The molecule has 0 amide bonds. The molecule has 1 aliphatic rings. The van der Waals surface area contributed by atoms with E-state index >= 15 is 0 Å². The van der Waals surface area contributed by atoms with Crippen molar-refractivity contribution in [2.45, 2.75) is 45.6 Å². The number of hydrazine groups is 1. The van der Waals surface area contributed by atoms with Crippen molar-refractivity contribution >= 4 is 5.96 Å². The molecule has 0 aromatic rings. The largest absolute Gasteiger partial charge is 0.383 e. The summed E-state index contributed by atoms with van der Waals surface area (Å²) in [5, 5.41) is 3.20. The van der Waals surface area contributed by atoms with Crippen LogP contribution in [-0.2, 0) is 4.74 Å². The average Bonchev–Trinajstić information content (AvgIpc) is 2.72. The number of guanidine groups is 1. The summed E-state index contributed by atoms with van der Waals surface area (Å²) in [6.07, 6.45) is 5.18. The lowest BCUT2D eigenvalue weighted by Gasteiger charge is -2.22. The first kappa shape index (κ1) is 14.3. The summed E-state index contributed by atoms with van der Waals surface area (Å²) >= 11 is 0. The number of nitrogens with zero attached hydrogens (tertiary/aromatic N) is 1. The minimum atomic E-state index is 0.200. The van der Waals surface area contributed by atoms with Gasteiger partial charge in [0, 0.05) is 19.7 Å². The highest BCUT2D eigenvalue weighted by molar-refractivity contribution is 5.79. The van der Waals surface area contributed by atoms with Gasteiger partial charge in [0.05, 0.1) is 6.61 Å². The van der Waals surface area contributed by atoms with E-state index in [1.165, 1.54) is 25.7 Å². The minimum absolute atomic E-state index is 0.200. The third kappa shape index (κ3) is 4.91. The van der Waals surface area contributed by atoms with Gasteiger partial charge in [-0.05, 0) is 25.2 Å². The van der Waals surface area contributed by atoms with Gasteiger partial charge in [0.2, 0.25) is 5.96 Å². The average molecular weight is 242 g/mol. The number of methoxy groups -OCH3 is 1. The van der Waals surface area contributed by atoms with Crippen LogP contribution in [0.25, 0.3) is 0 Å². The Labute approximate surface area is 104 Å². The van der Waals surface area contributed by atoms with Crippen LogP contribution in [0.4, 0.5) is 0 Å². The normalized spacial score (nSPS) is 21.3. The van der Waals surface area contributed by atoms with Gasteiger partial charge in [0.15, 0.2) is 0 Å². The lowest BCUT2D eigenvalue weighted by atomic mass is 9.89. The number of ether oxygens (including phenoxy) is 1. The molecule has 5 nitrogen and oxygen atoms in total. The van der Waals surface area contributed by atoms with E-state index in [0.717, 1.165) is 6.54 Å². The van der Waals surface area contributed by atoms with Crippen molar-refractivity contribution < 1.29 is 4.74 Å². The summed E-state index contributed by atoms with van der Waals surface area (Å²) in [4.78, 5) is 4.53. The van der Waals surface area contributed by atoms with Crippen LogP contribution in [0.15, 0.2) is 4.99 Å². The first-order chi connectivity index (χ1) is 8.09. The molecule has 5 heteroatoms. The third-order valence-corrected chi connectivity index (χ3v) is 3.37. The second-order valence-corrected chi connectivity index (χ2v) is 5.33. The van der Waals surface area contributed by atoms with E-state index < -0.39 is 0 Å². The van der Waals surface area contributed by atoms with Gasteiger partial charge in [-0.25, -0.2) is 5.84 Å². The SMILES string of the molecule is COCC(C)NC(=NCC1(C)CCCC1)NN. The third-order valence-electron chi connectivity index (χ3n) is 3.37. The molecule has 4 N–H and O–H groups in total. The van der Waals surface area contributed by atoms with Gasteiger partial charge in [-0.1, -0.05) is 19.8 Å². The molecule has 0 aromatic carbocycles. The highest BCUT2D eigenvalue weighted by atomic mass is 16.5. The summed E-state index contributed by atoms with van der Waals surface area (Å²) in [6.45, 7) is 5.81. The van der Waals surface area contributed by atoms with E-state index in [1.54, 1.807) is 7.11 Å². The topological polar surface area (TPSA) is 71.7 Å². The fourth-order valence-corrected chi connectivity index (χ4v) is 2.31. The van der Waals surface area contributed by atoms with Crippen LogP contribution in [0.5, 0.6) is 0 Å². The minimum Gasteiger partial charge on any atom is -0.383 e. The van der Waals surface area contributed by atoms with Crippen LogP contribution < -0.4 is 16.6 Å². The van der Waals surface area contributed by atoms with Crippen molar-refractivity contribution in [3.63, 3.8) is 0 Å². The van der Waals surface area contributed by atoms with Gasteiger partial charge in [0.25, 0.3) is 0 Å². The smallest absolute Gasteiger partial charge is 0.206 e. The van der Waals surface area contributed by atoms with Gasteiger partial charge in [0.1, 0.15) is 0 Å². The molecule has 0 bridgehead atoms. The Morgan fingerprint density at radius 1 is 1.47 bits per heavy atom. The summed E-state index contributed by atoms with van der Waals surface area (Å²) in [5.41, 5.74) is 2.97. The van der Waals surface area contributed by atoms with Crippen molar-refractivity contribution in [2.24, 2.45) is 16.3 Å². The number of hydrogen-bond acceptors (Lipinski definition) is 3. The number of nitrogens with one attached hydrogen (secondary N) is 2. The Morgan fingerprint density at radius 2 is 2.12 bits per heavy atom. The second-order valence-electron chi connectivity index (χ2n) is 5.33. The molecule has 1 aliphatic carbocycles. The first-order valence-electron chi connectivity index (χ1n) is 6.36. The Hall–Kier alpha value is -0.810. The van der Waals surface area contributed by atoms with E-state index in [-0.39, 0.29) is 6.04 Å². The monoisotopic (exact) mass is 242 g/mol. The molecule has 1 atom stereocenters. The maximum Gasteiger partial charge on any atom is 0.206 e. The molecule has 0 aromatic heterocycles. The molecule has 1 fully saturated rings.